The summed E-state index contributed by atoms with van der Waals surface area (Å²) in [6.45, 7) is 0.996. The van der Waals surface area contributed by atoms with Crippen LogP contribution in [0.25, 0.3) is 0 Å². The van der Waals surface area contributed by atoms with Crippen LogP contribution in [-0.2, 0) is 4.74 Å². The molecule has 15 heavy (non-hydrogen) atoms. The summed E-state index contributed by atoms with van der Waals surface area (Å²) in [7, 11) is 0. The maximum Gasteiger partial charge on any atom is 0.255 e. The molecule has 0 spiro atoms. The Bertz CT molecular complexity index is 373. The van der Waals surface area contributed by atoms with Gasteiger partial charge in [-0.2, -0.15) is 0 Å². The lowest BCUT2D eigenvalue weighted by atomic mass is 10.1. The third-order valence-electron chi connectivity index (χ3n) is 2.16. The molecule has 5 heteroatoms. The molecule has 2 rings (SSSR count). The molecule has 1 heterocycles. The fourth-order valence-corrected chi connectivity index (χ4v) is 1.81. The molecule has 0 bridgehead atoms. The zero-order chi connectivity index (χ0) is 10.8. The Morgan fingerprint density at radius 2 is 2.27 bits per heavy atom. The van der Waals surface area contributed by atoms with E-state index in [9.17, 15) is 9.18 Å². The van der Waals surface area contributed by atoms with Crippen molar-refractivity contribution in [3.8, 4) is 0 Å². The molecule has 1 aromatic rings. The SMILES string of the molecule is O=C(NC1COC1)c1c(F)cccc1Br. The first-order chi connectivity index (χ1) is 7.18. The smallest absolute Gasteiger partial charge is 0.255 e. The van der Waals surface area contributed by atoms with E-state index in [0.29, 0.717) is 17.7 Å². The first-order valence-corrected chi connectivity index (χ1v) is 5.30. The number of rotatable bonds is 2. The number of hydrogen-bond acceptors (Lipinski definition) is 2. The topological polar surface area (TPSA) is 38.3 Å². The van der Waals surface area contributed by atoms with Crippen molar-refractivity contribution in [1.82, 2.24) is 5.32 Å². The van der Waals surface area contributed by atoms with Crippen LogP contribution in [0.2, 0.25) is 0 Å². The summed E-state index contributed by atoms with van der Waals surface area (Å²) in [5.41, 5.74) is 0.0457. The largest absolute Gasteiger partial charge is 0.377 e. The summed E-state index contributed by atoms with van der Waals surface area (Å²) < 4.78 is 18.7. The van der Waals surface area contributed by atoms with Crippen LogP contribution in [0.5, 0.6) is 0 Å². The number of ether oxygens (including phenoxy) is 1. The van der Waals surface area contributed by atoms with Crippen LogP contribution < -0.4 is 5.32 Å². The Morgan fingerprint density at radius 1 is 1.53 bits per heavy atom. The molecule has 0 unspecified atom stereocenters. The Hall–Kier alpha value is -0.940. The molecule has 1 aromatic carbocycles. The average Bonchev–Trinajstić information content (AvgIpc) is 2.11. The highest BCUT2D eigenvalue weighted by molar-refractivity contribution is 9.10. The second-order valence-corrected chi connectivity index (χ2v) is 4.16. The number of halogens is 2. The van der Waals surface area contributed by atoms with Gasteiger partial charge in [0.1, 0.15) is 5.82 Å². The lowest BCUT2D eigenvalue weighted by molar-refractivity contribution is -0.00354. The number of hydrogen-bond donors (Lipinski definition) is 1. The van der Waals surface area contributed by atoms with Crippen molar-refractivity contribution in [3.05, 3.63) is 34.1 Å². The Kier molecular flexibility index (Phi) is 3.02. The van der Waals surface area contributed by atoms with Gasteiger partial charge < -0.3 is 10.1 Å². The van der Waals surface area contributed by atoms with Crippen LogP contribution in [0.15, 0.2) is 22.7 Å². The van der Waals surface area contributed by atoms with Crippen molar-refractivity contribution in [2.45, 2.75) is 6.04 Å². The molecule has 1 aliphatic rings. The molecule has 1 N–H and O–H groups in total. The number of amides is 1. The minimum atomic E-state index is -0.526. The summed E-state index contributed by atoms with van der Waals surface area (Å²) in [5, 5.41) is 2.68. The molecule has 0 aliphatic carbocycles. The van der Waals surface area contributed by atoms with E-state index in [0.717, 1.165) is 0 Å². The Labute approximate surface area is 94.7 Å². The van der Waals surface area contributed by atoms with Crippen molar-refractivity contribution in [2.75, 3.05) is 13.2 Å². The zero-order valence-corrected chi connectivity index (χ0v) is 9.38. The fraction of sp³-hybridized carbons (Fsp3) is 0.300. The first kappa shape index (κ1) is 10.6. The van der Waals surface area contributed by atoms with Gasteiger partial charge in [0.05, 0.1) is 24.8 Å². The number of carbonyl (C=O) groups is 1. The van der Waals surface area contributed by atoms with Gasteiger partial charge >= 0.3 is 0 Å². The molecule has 1 aliphatic heterocycles. The van der Waals surface area contributed by atoms with E-state index in [1.165, 1.54) is 6.07 Å². The molecule has 1 fully saturated rings. The third kappa shape index (κ3) is 2.18. The second-order valence-electron chi connectivity index (χ2n) is 3.30. The van der Waals surface area contributed by atoms with E-state index in [-0.39, 0.29) is 11.6 Å². The molecule has 1 amide bonds. The van der Waals surface area contributed by atoms with Gasteiger partial charge in [-0.25, -0.2) is 4.39 Å². The van der Waals surface area contributed by atoms with Gasteiger partial charge in [-0.15, -0.1) is 0 Å². The summed E-state index contributed by atoms with van der Waals surface area (Å²) in [5.74, 6) is -0.935. The average molecular weight is 274 g/mol. The number of carbonyl (C=O) groups excluding carboxylic acids is 1. The maximum absolute atomic E-state index is 13.4. The van der Waals surface area contributed by atoms with Gasteiger partial charge in [0.2, 0.25) is 0 Å². The monoisotopic (exact) mass is 273 g/mol. The fourth-order valence-electron chi connectivity index (χ4n) is 1.29. The lowest BCUT2D eigenvalue weighted by Gasteiger charge is -2.26. The van der Waals surface area contributed by atoms with Gasteiger partial charge in [-0.3, -0.25) is 4.79 Å². The highest BCUT2D eigenvalue weighted by Gasteiger charge is 2.23. The summed E-state index contributed by atoms with van der Waals surface area (Å²) in [6.07, 6.45) is 0. The van der Waals surface area contributed by atoms with Crippen molar-refractivity contribution < 1.29 is 13.9 Å². The van der Waals surface area contributed by atoms with Crippen LogP contribution in [0.3, 0.4) is 0 Å². The van der Waals surface area contributed by atoms with Crippen LogP contribution in [0, 0.1) is 5.82 Å². The van der Waals surface area contributed by atoms with E-state index in [1.54, 1.807) is 12.1 Å². The van der Waals surface area contributed by atoms with Crippen molar-refractivity contribution >= 4 is 21.8 Å². The molecule has 0 atom stereocenters. The van der Waals surface area contributed by atoms with Crippen LogP contribution >= 0.6 is 15.9 Å². The van der Waals surface area contributed by atoms with E-state index in [1.807, 2.05) is 0 Å². The molecular weight excluding hydrogens is 265 g/mol. The van der Waals surface area contributed by atoms with Gasteiger partial charge in [0, 0.05) is 4.47 Å². The van der Waals surface area contributed by atoms with E-state index >= 15 is 0 Å². The van der Waals surface area contributed by atoms with Crippen LogP contribution in [-0.4, -0.2) is 25.2 Å². The second kappa shape index (κ2) is 4.28. The molecule has 3 nitrogen and oxygen atoms in total. The van der Waals surface area contributed by atoms with E-state index in [4.69, 9.17) is 4.74 Å². The van der Waals surface area contributed by atoms with Crippen molar-refractivity contribution in [2.24, 2.45) is 0 Å². The van der Waals surface area contributed by atoms with Crippen molar-refractivity contribution in [1.29, 1.82) is 0 Å². The van der Waals surface area contributed by atoms with Crippen LogP contribution in [0.4, 0.5) is 4.39 Å². The molecule has 0 aromatic heterocycles. The predicted octanol–water partition coefficient (Wildman–Crippen LogP) is 1.72. The van der Waals surface area contributed by atoms with Crippen LogP contribution in [0.1, 0.15) is 10.4 Å². The predicted molar refractivity (Wildman–Crippen MR) is 56.2 cm³/mol. The molecular formula is C10H9BrFNO2. The van der Waals surface area contributed by atoms with Gasteiger partial charge in [-0.05, 0) is 28.1 Å². The third-order valence-corrected chi connectivity index (χ3v) is 2.82. The van der Waals surface area contributed by atoms with E-state index < -0.39 is 11.7 Å². The molecule has 1 saturated heterocycles. The lowest BCUT2D eigenvalue weighted by Crippen LogP contribution is -2.48. The highest BCUT2D eigenvalue weighted by atomic mass is 79.9. The Morgan fingerprint density at radius 3 is 2.80 bits per heavy atom. The first-order valence-electron chi connectivity index (χ1n) is 4.51. The minimum absolute atomic E-state index is 0.00371. The summed E-state index contributed by atoms with van der Waals surface area (Å²) in [4.78, 5) is 11.7. The molecule has 0 saturated carbocycles. The molecule has 80 valence electrons. The van der Waals surface area contributed by atoms with Gasteiger partial charge in [-0.1, -0.05) is 6.07 Å². The number of benzene rings is 1. The number of nitrogens with one attached hydrogen (secondary N) is 1. The minimum Gasteiger partial charge on any atom is -0.377 e. The van der Waals surface area contributed by atoms with Gasteiger partial charge in [0.15, 0.2) is 0 Å². The van der Waals surface area contributed by atoms with E-state index in [2.05, 4.69) is 21.2 Å². The summed E-state index contributed by atoms with van der Waals surface area (Å²) >= 11 is 3.15. The quantitative estimate of drug-likeness (QED) is 0.891. The standard InChI is InChI=1S/C10H9BrFNO2/c11-7-2-1-3-8(12)9(7)10(14)13-6-4-15-5-6/h1-3,6H,4-5H2,(H,13,14). The molecule has 0 radical (unpaired) electrons. The maximum atomic E-state index is 13.4. The normalized spacial score (nSPS) is 15.9. The zero-order valence-electron chi connectivity index (χ0n) is 7.80. The van der Waals surface area contributed by atoms with Crippen molar-refractivity contribution in [3.63, 3.8) is 0 Å². The Balaban J connectivity index is 2.16. The highest BCUT2D eigenvalue weighted by Crippen LogP contribution is 2.19. The summed E-state index contributed by atoms with van der Waals surface area (Å²) in [6, 6.07) is 4.44. The van der Waals surface area contributed by atoms with Gasteiger partial charge in [0.25, 0.3) is 5.91 Å².